The fourth-order valence-electron chi connectivity index (χ4n) is 3.07. The van der Waals surface area contributed by atoms with Crippen LogP contribution in [0.2, 0.25) is 5.02 Å². The van der Waals surface area contributed by atoms with E-state index in [9.17, 15) is 4.79 Å². The highest BCUT2D eigenvalue weighted by molar-refractivity contribution is 6.30. The van der Waals surface area contributed by atoms with Gasteiger partial charge in [-0.1, -0.05) is 23.7 Å². The molecule has 1 atom stereocenters. The van der Waals surface area contributed by atoms with Crippen LogP contribution in [-0.4, -0.2) is 17.0 Å². The Morgan fingerprint density at radius 1 is 1.28 bits per heavy atom. The van der Waals surface area contributed by atoms with E-state index in [1.165, 1.54) is 0 Å². The van der Waals surface area contributed by atoms with Gasteiger partial charge >= 0.3 is 6.03 Å². The van der Waals surface area contributed by atoms with E-state index in [4.69, 9.17) is 16.9 Å². The molecular formula is C20H20ClN3O. The van der Waals surface area contributed by atoms with E-state index in [-0.39, 0.29) is 18.1 Å². The second-order valence-electron chi connectivity index (χ2n) is 6.34. The lowest BCUT2D eigenvalue weighted by Gasteiger charge is -2.41. The van der Waals surface area contributed by atoms with Crippen molar-refractivity contribution in [3.8, 4) is 6.07 Å². The Morgan fingerprint density at radius 3 is 2.60 bits per heavy atom. The fraction of sp³-hybridized carbons (Fsp3) is 0.300. The largest absolute Gasteiger partial charge is 0.322 e. The van der Waals surface area contributed by atoms with Gasteiger partial charge < -0.3 is 10.2 Å². The smallest absolute Gasteiger partial charge is 0.315 e. The Kier molecular flexibility index (Phi) is 5.25. The first kappa shape index (κ1) is 17.3. The maximum Gasteiger partial charge on any atom is 0.322 e. The summed E-state index contributed by atoms with van der Waals surface area (Å²) in [7, 11) is 0. The first-order chi connectivity index (χ1) is 12.1. The van der Waals surface area contributed by atoms with Gasteiger partial charge in [-0.3, -0.25) is 0 Å². The van der Waals surface area contributed by atoms with Crippen molar-refractivity contribution < 1.29 is 4.79 Å². The zero-order chi connectivity index (χ0) is 17.8. The van der Waals surface area contributed by atoms with E-state index in [1.807, 2.05) is 30.0 Å². The zero-order valence-electron chi connectivity index (χ0n) is 14.1. The second-order valence-corrected chi connectivity index (χ2v) is 6.78. The van der Waals surface area contributed by atoms with Gasteiger partial charge in [0.1, 0.15) is 0 Å². The lowest BCUT2D eigenvalue weighted by molar-refractivity contribution is 0.120. The molecule has 128 valence electrons. The third-order valence-electron chi connectivity index (χ3n) is 4.71. The van der Waals surface area contributed by atoms with E-state index >= 15 is 0 Å². The standard InChI is InChI=1S/C20H20ClN3O/c1-14(16-5-2-4-15(12-16)13-22)24(19-6-3-7-19)20(25)23-18-10-8-17(21)9-11-18/h2,4-5,8-12,14,19H,3,6-7H2,1H3,(H,23,25)/t14-/m0/s1. The number of urea groups is 1. The average Bonchev–Trinajstić information content (AvgIpc) is 2.59. The van der Waals surface area contributed by atoms with Crippen molar-refractivity contribution in [2.45, 2.75) is 38.3 Å². The van der Waals surface area contributed by atoms with Crippen molar-refractivity contribution in [1.29, 1.82) is 5.26 Å². The molecule has 0 aromatic heterocycles. The van der Waals surface area contributed by atoms with Crippen molar-refractivity contribution in [3.05, 3.63) is 64.7 Å². The van der Waals surface area contributed by atoms with Gasteiger partial charge in [0.2, 0.25) is 0 Å². The number of amides is 2. The molecule has 2 aromatic carbocycles. The topological polar surface area (TPSA) is 56.1 Å². The SMILES string of the molecule is C[C@@H](c1cccc(C#N)c1)N(C(=O)Nc1ccc(Cl)cc1)C1CCC1. The van der Waals surface area contributed by atoms with Gasteiger partial charge in [-0.05, 0) is 68.1 Å². The molecular weight excluding hydrogens is 334 g/mol. The third-order valence-corrected chi connectivity index (χ3v) is 4.97. The number of carbonyl (C=O) groups is 1. The number of nitriles is 1. The quantitative estimate of drug-likeness (QED) is 0.804. The van der Waals surface area contributed by atoms with Gasteiger partial charge in [-0.2, -0.15) is 5.26 Å². The van der Waals surface area contributed by atoms with Crippen molar-refractivity contribution in [3.63, 3.8) is 0 Å². The molecule has 4 nitrogen and oxygen atoms in total. The molecule has 5 heteroatoms. The molecule has 0 saturated heterocycles. The van der Waals surface area contributed by atoms with Crippen LogP contribution >= 0.6 is 11.6 Å². The van der Waals surface area contributed by atoms with E-state index in [0.29, 0.717) is 10.6 Å². The van der Waals surface area contributed by atoms with Crippen LogP contribution in [0.5, 0.6) is 0 Å². The van der Waals surface area contributed by atoms with Gasteiger partial charge in [0.15, 0.2) is 0 Å². The second kappa shape index (κ2) is 7.58. The number of carbonyl (C=O) groups excluding carboxylic acids is 1. The molecule has 25 heavy (non-hydrogen) atoms. The minimum atomic E-state index is -0.123. The minimum Gasteiger partial charge on any atom is -0.315 e. The fourth-order valence-corrected chi connectivity index (χ4v) is 3.20. The predicted octanol–water partition coefficient (Wildman–Crippen LogP) is 5.36. The van der Waals surface area contributed by atoms with Gasteiger partial charge in [-0.15, -0.1) is 0 Å². The van der Waals surface area contributed by atoms with Crippen LogP contribution in [0.1, 0.15) is 43.4 Å². The number of benzene rings is 2. The van der Waals surface area contributed by atoms with Crippen molar-refractivity contribution >= 4 is 23.3 Å². The molecule has 1 aliphatic rings. The minimum absolute atomic E-state index is 0.106. The number of rotatable bonds is 4. The highest BCUT2D eigenvalue weighted by atomic mass is 35.5. The summed E-state index contributed by atoms with van der Waals surface area (Å²) in [6.45, 7) is 2.01. The van der Waals surface area contributed by atoms with Crippen molar-refractivity contribution in [2.24, 2.45) is 0 Å². The number of hydrogen-bond acceptors (Lipinski definition) is 2. The Hall–Kier alpha value is -2.51. The third kappa shape index (κ3) is 3.94. The summed E-state index contributed by atoms with van der Waals surface area (Å²) in [6.07, 6.45) is 3.16. The Bertz CT molecular complexity index is 793. The molecule has 1 saturated carbocycles. The predicted molar refractivity (Wildman–Crippen MR) is 99.5 cm³/mol. The van der Waals surface area contributed by atoms with E-state index in [1.54, 1.807) is 30.3 Å². The normalized spacial score (nSPS) is 14.9. The first-order valence-electron chi connectivity index (χ1n) is 8.43. The summed E-state index contributed by atoms with van der Waals surface area (Å²) < 4.78 is 0. The monoisotopic (exact) mass is 353 g/mol. The number of halogens is 1. The molecule has 1 fully saturated rings. The highest BCUT2D eigenvalue weighted by Gasteiger charge is 2.33. The number of anilines is 1. The highest BCUT2D eigenvalue weighted by Crippen LogP contribution is 2.33. The van der Waals surface area contributed by atoms with Gasteiger partial charge in [0.25, 0.3) is 0 Å². The van der Waals surface area contributed by atoms with E-state index in [0.717, 1.165) is 30.5 Å². The molecule has 3 rings (SSSR count). The molecule has 0 heterocycles. The summed E-state index contributed by atoms with van der Waals surface area (Å²) >= 11 is 5.90. The molecule has 0 aliphatic heterocycles. The van der Waals surface area contributed by atoms with Crippen molar-refractivity contribution in [2.75, 3.05) is 5.32 Å². The van der Waals surface area contributed by atoms with Gasteiger partial charge in [0, 0.05) is 16.8 Å². The molecule has 1 aliphatic carbocycles. The Labute approximate surface area is 153 Å². The average molecular weight is 354 g/mol. The van der Waals surface area contributed by atoms with Crippen molar-refractivity contribution in [1.82, 2.24) is 4.90 Å². The van der Waals surface area contributed by atoms with Gasteiger partial charge in [-0.25, -0.2) is 4.79 Å². The summed E-state index contributed by atoms with van der Waals surface area (Å²) in [4.78, 5) is 14.8. The van der Waals surface area contributed by atoms with E-state index < -0.39 is 0 Å². The number of nitrogens with one attached hydrogen (secondary N) is 1. The molecule has 1 N–H and O–H groups in total. The molecule has 0 radical (unpaired) electrons. The summed E-state index contributed by atoms with van der Waals surface area (Å²) in [5.74, 6) is 0. The molecule has 2 amide bonds. The lowest BCUT2D eigenvalue weighted by Crippen LogP contribution is -2.47. The van der Waals surface area contributed by atoms with Crippen LogP contribution < -0.4 is 5.32 Å². The maximum atomic E-state index is 12.9. The molecule has 0 spiro atoms. The lowest BCUT2D eigenvalue weighted by atomic mass is 9.89. The number of nitrogens with zero attached hydrogens (tertiary/aromatic N) is 2. The molecule has 0 unspecified atom stereocenters. The first-order valence-corrected chi connectivity index (χ1v) is 8.81. The summed E-state index contributed by atoms with van der Waals surface area (Å²) in [6, 6.07) is 16.7. The molecule has 2 aromatic rings. The van der Waals surface area contributed by atoms with Crippen LogP contribution in [0, 0.1) is 11.3 Å². The number of hydrogen-bond donors (Lipinski definition) is 1. The van der Waals surface area contributed by atoms with E-state index in [2.05, 4.69) is 11.4 Å². The van der Waals surface area contributed by atoms with Crippen LogP contribution in [0.25, 0.3) is 0 Å². The summed E-state index contributed by atoms with van der Waals surface area (Å²) in [5, 5.41) is 12.7. The Morgan fingerprint density at radius 2 is 2.00 bits per heavy atom. The Balaban J connectivity index is 1.82. The molecule has 0 bridgehead atoms. The van der Waals surface area contributed by atoms with Crippen LogP contribution in [-0.2, 0) is 0 Å². The van der Waals surface area contributed by atoms with Crippen LogP contribution in [0.3, 0.4) is 0 Å². The van der Waals surface area contributed by atoms with Crippen LogP contribution in [0.4, 0.5) is 10.5 Å². The zero-order valence-corrected chi connectivity index (χ0v) is 14.8. The maximum absolute atomic E-state index is 12.9. The summed E-state index contributed by atoms with van der Waals surface area (Å²) in [5.41, 5.74) is 2.30. The van der Waals surface area contributed by atoms with Gasteiger partial charge in [0.05, 0.1) is 17.7 Å². The van der Waals surface area contributed by atoms with Crippen LogP contribution in [0.15, 0.2) is 48.5 Å².